The summed E-state index contributed by atoms with van der Waals surface area (Å²) in [7, 11) is -3.72. The number of hydrogen-bond donors (Lipinski definition) is 2. The smallest absolute Gasteiger partial charge is 0.240 e. The van der Waals surface area contributed by atoms with Gasteiger partial charge in [-0.1, -0.05) is 30.3 Å². The van der Waals surface area contributed by atoms with Gasteiger partial charge in [-0.05, 0) is 37.1 Å². The normalized spacial score (nSPS) is 16.2. The molecule has 1 aliphatic heterocycles. The number of benzene rings is 2. The van der Waals surface area contributed by atoms with Gasteiger partial charge in [0.25, 0.3) is 0 Å². The molecular weight excluding hydrogens is 396 g/mol. The van der Waals surface area contributed by atoms with Crippen molar-refractivity contribution in [2.45, 2.75) is 35.6 Å². The van der Waals surface area contributed by atoms with E-state index in [1.807, 2.05) is 24.3 Å². The molecule has 1 atom stereocenters. The summed E-state index contributed by atoms with van der Waals surface area (Å²) in [6, 6.07) is 13.7. The minimum absolute atomic E-state index is 0.00570. The predicted molar refractivity (Wildman–Crippen MR) is 109 cm³/mol. The minimum atomic E-state index is -3.72. The van der Waals surface area contributed by atoms with Crippen LogP contribution in [-0.2, 0) is 14.8 Å². The van der Waals surface area contributed by atoms with Crippen LogP contribution in [0.25, 0.3) is 0 Å². The molecular formula is C20H22N2O4S2. The van der Waals surface area contributed by atoms with Crippen molar-refractivity contribution < 1.29 is 18.0 Å². The van der Waals surface area contributed by atoms with Crippen LogP contribution in [0.2, 0.25) is 0 Å². The van der Waals surface area contributed by atoms with Crippen molar-refractivity contribution in [3.8, 4) is 0 Å². The second kappa shape index (κ2) is 8.89. The second-order valence-corrected chi connectivity index (χ2v) is 9.43. The number of ketones is 1. The first-order valence-electron chi connectivity index (χ1n) is 8.98. The molecule has 0 aromatic heterocycles. The summed E-state index contributed by atoms with van der Waals surface area (Å²) in [5.74, 6) is 0.614. The fourth-order valence-electron chi connectivity index (χ4n) is 3.01. The fourth-order valence-corrected chi connectivity index (χ4v) is 5.17. The number of nitrogens with one attached hydrogen (secondary N) is 2. The average Bonchev–Trinajstić information content (AvgIpc) is 2.68. The molecule has 3 rings (SSSR count). The van der Waals surface area contributed by atoms with Crippen molar-refractivity contribution in [3.63, 3.8) is 0 Å². The Morgan fingerprint density at radius 3 is 2.54 bits per heavy atom. The van der Waals surface area contributed by atoms with Gasteiger partial charge >= 0.3 is 0 Å². The topological polar surface area (TPSA) is 92.3 Å². The van der Waals surface area contributed by atoms with Gasteiger partial charge in [0.15, 0.2) is 5.78 Å². The van der Waals surface area contributed by atoms with Crippen molar-refractivity contribution in [1.29, 1.82) is 0 Å². The molecule has 0 saturated heterocycles. The third-order valence-electron chi connectivity index (χ3n) is 4.51. The van der Waals surface area contributed by atoms with Crippen LogP contribution in [0, 0.1) is 0 Å². The molecule has 0 saturated carbocycles. The van der Waals surface area contributed by atoms with Gasteiger partial charge in [0.05, 0.1) is 10.9 Å². The van der Waals surface area contributed by atoms with Crippen LogP contribution in [0.4, 0.5) is 0 Å². The number of amides is 1. The molecule has 28 heavy (non-hydrogen) atoms. The third-order valence-corrected chi connectivity index (χ3v) is 7.11. The van der Waals surface area contributed by atoms with Gasteiger partial charge in [0.2, 0.25) is 15.9 Å². The van der Waals surface area contributed by atoms with E-state index in [9.17, 15) is 18.0 Å². The van der Waals surface area contributed by atoms with Crippen LogP contribution < -0.4 is 10.0 Å². The van der Waals surface area contributed by atoms with Crippen LogP contribution in [-0.4, -0.2) is 32.4 Å². The van der Waals surface area contributed by atoms with Crippen molar-refractivity contribution in [2.24, 2.45) is 0 Å². The maximum atomic E-state index is 12.3. The number of rotatable bonds is 7. The lowest BCUT2D eigenvalue weighted by atomic mass is 10.0. The molecule has 0 fully saturated rings. The number of hydrogen-bond acceptors (Lipinski definition) is 5. The van der Waals surface area contributed by atoms with Crippen molar-refractivity contribution in [2.75, 3.05) is 12.3 Å². The molecule has 2 N–H and O–H groups in total. The van der Waals surface area contributed by atoms with Gasteiger partial charge < -0.3 is 5.32 Å². The maximum Gasteiger partial charge on any atom is 0.240 e. The standard InChI is InChI=1S/C20H22N2O4S2/c1-14(23)15-6-8-16(9-7-15)28(25,26)21-12-10-20(24)22-18-11-13-27-19-5-3-2-4-17(18)19/h2-9,18,21H,10-13H2,1H3,(H,22,24). The molecule has 1 aliphatic rings. The molecule has 0 aliphatic carbocycles. The summed E-state index contributed by atoms with van der Waals surface area (Å²) in [4.78, 5) is 24.8. The zero-order chi connectivity index (χ0) is 20.1. The van der Waals surface area contributed by atoms with E-state index in [1.165, 1.54) is 36.1 Å². The van der Waals surface area contributed by atoms with E-state index in [-0.39, 0.29) is 35.6 Å². The predicted octanol–water partition coefficient (Wildman–Crippen LogP) is 2.91. The molecule has 1 amide bonds. The highest BCUT2D eigenvalue weighted by atomic mass is 32.2. The number of sulfonamides is 1. The zero-order valence-corrected chi connectivity index (χ0v) is 17.1. The number of carbonyl (C=O) groups excluding carboxylic acids is 2. The molecule has 2 aromatic rings. The number of thioether (sulfide) groups is 1. The zero-order valence-electron chi connectivity index (χ0n) is 15.5. The highest BCUT2D eigenvalue weighted by Gasteiger charge is 2.22. The fraction of sp³-hybridized carbons (Fsp3) is 0.300. The lowest BCUT2D eigenvalue weighted by molar-refractivity contribution is -0.121. The molecule has 1 unspecified atom stereocenters. The van der Waals surface area contributed by atoms with Gasteiger partial charge in [-0.3, -0.25) is 9.59 Å². The minimum Gasteiger partial charge on any atom is -0.349 e. The molecule has 6 nitrogen and oxygen atoms in total. The summed E-state index contributed by atoms with van der Waals surface area (Å²) >= 11 is 1.78. The summed E-state index contributed by atoms with van der Waals surface area (Å²) in [5, 5.41) is 3.00. The van der Waals surface area contributed by atoms with Crippen LogP contribution in [0.3, 0.4) is 0 Å². The number of Topliss-reactive ketones (excluding diaryl/α,β-unsaturated/α-hetero) is 1. The highest BCUT2D eigenvalue weighted by molar-refractivity contribution is 7.99. The molecule has 148 valence electrons. The van der Waals surface area contributed by atoms with Crippen LogP contribution >= 0.6 is 11.8 Å². The Kier molecular flexibility index (Phi) is 6.53. The van der Waals surface area contributed by atoms with E-state index < -0.39 is 10.0 Å². The Morgan fingerprint density at radius 1 is 1.11 bits per heavy atom. The largest absolute Gasteiger partial charge is 0.349 e. The quantitative estimate of drug-likeness (QED) is 0.675. The van der Waals surface area contributed by atoms with Crippen LogP contribution in [0.1, 0.15) is 41.7 Å². The monoisotopic (exact) mass is 418 g/mol. The number of fused-ring (bicyclic) bond motifs is 1. The van der Waals surface area contributed by atoms with E-state index in [0.717, 1.165) is 17.7 Å². The van der Waals surface area contributed by atoms with Gasteiger partial charge in [0.1, 0.15) is 0 Å². The molecule has 0 bridgehead atoms. The molecule has 8 heteroatoms. The van der Waals surface area contributed by atoms with Crippen molar-refractivity contribution in [3.05, 3.63) is 59.7 Å². The lowest BCUT2D eigenvalue weighted by Gasteiger charge is -2.25. The van der Waals surface area contributed by atoms with Gasteiger partial charge in [-0.25, -0.2) is 13.1 Å². The summed E-state index contributed by atoms with van der Waals surface area (Å²) in [6.07, 6.45) is 0.901. The molecule has 0 radical (unpaired) electrons. The molecule has 1 heterocycles. The van der Waals surface area contributed by atoms with E-state index in [2.05, 4.69) is 10.0 Å². The first kappa shape index (κ1) is 20.6. The Morgan fingerprint density at radius 2 is 1.82 bits per heavy atom. The Bertz CT molecular complexity index is 972. The molecule has 0 spiro atoms. The highest BCUT2D eigenvalue weighted by Crippen LogP contribution is 2.35. The van der Waals surface area contributed by atoms with Gasteiger partial charge in [0, 0.05) is 29.2 Å². The lowest BCUT2D eigenvalue weighted by Crippen LogP contribution is -2.34. The Labute approximate surface area is 169 Å². The third kappa shape index (κ3) is 5.01. The average molecular weight is 419 g/mol. The van der Waals surface area contributed by atoms with E-state index in [1.54, 1.807) is 11.8 Å². The van der Waals surface area contributed by atoms with E-state index in [0.29, 0.717) is 5.56 Å². The van der Waals surface area contributed by atoms with Crippen molar-refractivity contribution >= 4 is 33.5 Å². The molecule has 2 aromatic carbocycles. The Balaban J connectivity index is 1.53. The van der Waals surface area contributed by atoms with Gasteiger partial charge in [-0.15, -0.1) is 11.8 Å². The van der Waals surface area contributed by atoms with Crippen LogP contribution in [0.5, 0.6) is 0 Å². The van der Waals surface area contributed by atoms with E-state index >= 15 is 0 Å². The number of carbonyl (C=O) groups is 2. The van der Waals surface area contributed by atoms with Gasteiger partial charge in [-0.2, -0.15) is 0 Å². The maximum absolute atomic E-state index is 12.3. The summed E-state index contributed by atoms with van der Waals surface area (Å²) in [5.41, 5.74) is 1.56. The first-order chi connectivity index (χ1) is 13.4. The summed E-state index contributed by atoms with van der Waals surface area (Å²) in [6.45, 7) is 1.43. The Hall–Kier alpha value is -2.16. The van der Waals surface area contributed by atoms with Crippen LogP contribution in [0.15, 0.2) is 58.3 Å². The summed E-state index contributed by atoms with van der Waals surface area (Å²) < 4.78 is 27.1. The first-order valence-corrected chi connectivity index (χ1v) is 11.5. The second-order valence-electron chi connectivity index (χ2n) is 6.52. The van der Waals surface area contributed by atoms with Crippen molar-refractivity contribution in [1.82, 2.24) is 10.0 Å². The van der Waals surface area contributed by atoms with E-state index in [4.69, 9.17) is 0 Å². The SMILES string of the molecule is CC(=O)c1ccc(S(=O)(=O)NCCC(=O)NC2CCSc3ccccc32)cc1.